The summed E-state index contributed by atoms with van der Waals surface area (Å²) in [7, 11) is 0. The van der Waals surface area contributed by atoms with Gasteiger partial charge in [-0.05, 0) is 32.6 Å². The van der Waals surface area contributed by atoms with Crippen LogP contribution in [0.3, 0.4) is 0 Å². The number of aryl methyl sites for hydroxylation is 2. The average molecular weight is 394 g/mol. The Labute approximate surface area is 169 Å². The SMILES string of the molecule is Cc1oc2c(c1C(=O)N1CC[C@@H](c3nn(CCN)c4nccnc34)C1)CCCC2. The van der Waals surface area contributed by atoms with Crippen LogP contribution < -0.4 is 5.73 Å². The molecule has 2 N–H and O–H groups in total. The van der Waals surface area contributed by atoms with E-state index in [1.165, 1.54) is 0 Å². The van der Waals surface area contributed by atoms with Crippen LogP contribution in [-0.2, 0) is 19.4 Å². The molecule has 0 unspecified atom stereocenters. The predicted molar refractivity (Wildman–Crippen MR) is 108 cm³/mol. The molecular weight excluding hydrogens is 368 g/mol. The maximum Gasteiger partial charge on any atom is 0.257 e. The third-order valence-corrected chi connectivity index (χ3v) is 6.16. The molecule has 8 heteroatoms. The molecule has 0 spiro atoms. The largest absolute Gasteiger partial charge is 0.465 e. The molecule has 0 aromatic carbocycles. The van der Waals surface area contributed by atoms with Crippen molar-refractivity contribution in [2.45, 2.75) is 51.5 Å². The first-order chi connectivity index (χ1) is 14.2. The summed E-state index contributed by atoms with van der Waals surface area (Å²) >= 11 is 0. The number of carbonyl (C=O) groups is 1. The standard InChI is InChI=1S/C21H26N6O2/c1-13-17(15-4-2-3-5-16(15)29-13)21(28)26-10-6-14(12-26)18-19-20(24-9-8-23-19)27(25-18)11-7-22/h8-9,14H,2-7,10-12,22H2,1H3/t14-/m1/s1. The normalized spacial score (nSPS) is 19.1. The summed E-state index contributed by atoms with van der Waals surface area (Å²) in [5.41, 5.74) is 10.1. The zero-order chi connectivity index (χ0) is 20.0. The Morgan fingerprint density at radius 2 is 2.10 bits per heavy atom. The second-order valence-corrected chi connectivity index (χ2v) is 8.00. The molecule has 3 aromatic heterocycles. The average Bonchev–Trinajstić information content (AvgIpc) is 3.43. The number of rotatable bonds is 4. The summed E-state index contributed by atoms with van der Waals surface area (Å²) in [6, 6.07) is 0. The number of nitrogens with two attached hydrogens (primary N) is 1. The van der Waals surface area contributed by atoms with Crippen molar-refractivity contribution < 1.29 is 9.21 Å². The number of fused-ring (bicyclic) bond motifs is 2. The number of hydrogen-bond donors (Lipinski definition) is 1. The Kier molecular flexibility index (Phi) is 4.58. The molecule has 1 amide bonds. The van der Waals surface area contributed by atoms with Crippen LogP contribution in [0.15, 0.2) is 16.8 Å². The third kappa shape index (κ3) is 3.02. The summed E-state index contributed by atoms with van der Waals surface area (Å²) < 4.78 is 7.76. The molecular formula is C21H26N6O2. The first kappa shape index (κ1) is 18.3. The van der Waals surface area contributed by atoms with Gasteiger partial charge in [0, 0.05) is 49.9 Å². The maximum atomic E-state index is 13.3. The van der Waals surface area contributed by atoms with E-state index in [-0.39, 0.29) is 11.8 Å². The minimum absolute atomic E-state index is 0.0914. The van der Waals surface area contributed by atoms with Crippen molar-refractivity contribution in [2.75, 3.05) is 19.6 Å². The number of furan rings is 1. The highest BCUT2D eigenvalue weighted by atomic mass is 16.3. The highest BCUT2D eigenvalue weighted by Crippen LogP contribution is 2.34. The van der Waals surface area contributed by atoms with E-state index in [2.05, 4.69) is 9.97 Å². The fraction of sp³-hybridized carbons (Fsp3) is 0.524. The van der Waals surface area contributed by atoms with E-state index in [4.69, 9.17) is 15.2 Å². The monoisotopic (exact) mass is 394 g/mol. The van der Waals surface area contributed by atoms with Crippen LogP contribution in [0.1, 0.15) is 58.3 Å². The van der Waals surface area contributed by atoms with Crippen LogP contribution in [0.4, 0.5) is 0 Å². The molecule has 4 heterocycles. The highest BCUT2D eigenvalue weighted by Gasteiger charge is 2.35. The Balaban J connectivity index is 1.42. The van der Waals surface area contributed by atoms with Crippen LogP contribution in [0.5, 0.6) is 0 Å². The number of aromatic nitrogens is 4. The van der Waals surface area contributed by atoms with E-state index >= 15 is 0 Å². The van der Waals surface area contributed by atoms with Gasteiger partial charge in [0.05, 0.1) is 17.8 Å². The summed E-state index contributed by atoms with van der Waals surface area (Å²) in [6.07, 6.45) is 8.38. The molecule has 1 saturated heterocycles. The van der Waals surface area contributed by atoms with E-state index < -0.39 is 0 Å². The number of carbonyl (C=O) groups excluding carboxylic acids is 1. The Morgan fingerprint density at radius 1 is 1.28 bits per heavy atom. The summed E-state index contributed by atoms with van der Waals surface area (Å²) in [6.45, 7) is 4.37. The lowest BCUT2D eigenvalue weighted by atomic mass is 9.94. The van der Waals surface area contributed by atoms with Crippen LogP contribution in [0, 0.1) is 6.92 Å². The van der Waals surface area contributed by atoms with Gasteiger partial charge in [0.1, 0.15) is 17.0 Å². The quantitative estimate of drug-likeness (QED) is 0.728. The minimum atomic E-state index is 0.0914. The van der Waals surface area contributed by atoms with Crippen molar-refractivity contribution in [1.82, 2.24) is 24.6 Å². The van der Waals surface area contributed by atoms with Gasteiger partial charge >= 0.3 is 0 Å². The molecule has 1 atom stereocenters. The number of amides is 1. The van der Waals surface area contributed by atoms with Crippen molar-refractivity contribution in [3.63, 3.8) is 0 Å². The molecule has 8 nitrogen and oxygen atoms in total. The molecule has 0 bridgehead atoms. The van der Waals surface area contributed by atoms with Crippen LogP contribution in [0.25, 0.3) is 11.2 Å². The van der Waals surface area contributed by atoms with Crippen LogP contribution in [0.2, 0.25) is 0 Å². The lowest BCUT2D eigenvalue weighted by Gasteiger charge is -2.18. The third-order valence-electron chi connectivity index (χ3n) is 6.16. The van der Waals surface area contributed by atoms with Gasteiger partial charge in [0.15, 0.2) is 5.65 Å². The summed E-state index contributed by atoms with van der Waals surface area (Å²) in [4.78, 5) is 24.2. The molecule has 1 aliphatic carbocycles. The zero-order valence-electron chi connectivity index (χ0n) is 16.7. The van der Waals surface area contributed by atoms with Crippen molar-refractivity contribution in [3.8, 4) is 0 Å². The Hall–Kier alpha value is -2.74. The fourth-order valence-electron chi connectivity index (χ4n) is 4.79. The molecule has 1 fully saturated rings. The summed E-state index contributed by atoms with van der Waals surface area (Å²) in [5.74, 6) is 2.01. The smallest absolute Gasteiger partial charge is 0.257 e. The maximum absolute atomic E-state index is 13.3. The molecule has 152 valence electrons. The minimum Gasteiger partial charge on any atom is -0.465 e. The lowest BCUT2D eigenvalue weighted by Crippen LogP contribution is -2.29. The van der Waals surface area contributed by atoms with Gasteiger partial charge in [-0.3, -0.25) is 4.79 Å². The highest BCUT2D eigenvalue weighted by molar-refractivity contribution is 5.97. The molecule has 2 aliphatic rings. The van der Waals surface area contributed by atoms with Crippen molar-refractivity contribution >= 4 is 17.1 Å². The summed E-state index contributed by atoms with van der Waals surface area (Å²) in [5, 5.41) is 4.76. The number of likely N-dealkylation sites (tertiary alicyclic amines) is 1. The van der Waals surface area contributed by atoms with Gasteiger partial charge in [-0.15, -0.1) is 0 Å². The van der Waals surface area contributed by atoms with Gasteiger partial charge < -0.3 is 15.1 Å². The molecule has 0 saturated carbocycles. The molecule has 3 aromatic rings. The first-order valence-electron chi connectivity index (χ1n) is 10.4. The van der Waals surface area contributed by atoms with Gasteiger partial charge in [-0.25, -0.2) is 14.6 Å². The van der Waals surface area contributed by atoms with E-state index in [9.17, 15) is 4.79 Å². The lowest BCUT2D eigenvalue weighted by molar-refractivity contribution is 0.0788. The van der Waals surface area contributed by atoms with Crippen molar-refractivity contribution in [3.05, 3.63) is 40.7 Å². The second kappa shape index (κ2) is 7.26. The number of nitrogens with zero attached hydrogens (tertiary/aromatic N) is 5. The fourth-order valence-corrected chi connectivity index (χ4v) is 4.79. The molecule has 0 radical (unpaired) electrons. The van der Waals surface area contributed by atoms with E-state index in [0.29, 0.717) is 26.2 Å². The van der Waals surface area contributed by atoms with E-state index in [1.54, 1.807) is 12.4 Å². The van der Waals surface area contributed by atoms with Crippen molar-refractivity contribution in [2.24, 2.45) is 5.73 Å². The molecule has 5 rings (SSSR count). The number of hydrogen-bond acceptors (Lipinski definition) is 6. The topological polar surface area (TPSA) is 103 Å². The van der Waals surface area contributed by atoms with Gasteiger partial charge in [0.2, 0.25) is 0 Å². The van der Waals surface area contributed by atoms with Crippen molar-refractivity contribution in [1.29, 1.82) is 0 Å². The van der Waals surface area contributed by atoms with Gasteiger partial charge in [-0.1, -0.05) is 0 Å². The Bertz CT molecular complexity index is 1070. The second-order valence-electron chi connectivity index (χ2n) is 8.00. The van der Waals surface area contributed by atoms with E-state index in [1.807, 2.05) is 16.5 Å². The predicted octanol–water partition coefficient (Wildman–Crippen LogP) is 2.19. The first-order valence-corrected chi connectivity index (χ1v) is 10.4. The van der Waals surface area contributed by atoms with Gasteiger partial charge in [-0.2, -0.15) is 5.10 Å². The molecule has 29 heavy (non-hydrogen) atoms. The van der Waals surface area contributed by atoms with Gasteiger partial charge in [0.25, 0.3) is 5.91 Å². The van der Waals surface area contributed by atoms with Crippen LogP contribution in [-0.4, -0.2) is 50.2 Å². The molecule has 1 aliphatic heterocycles. The zero-order valence-corrected chi connectivity index (χ0v) is 16.7. The van der Waals surface area contributed by atoms with Crippen LogP contribution >= 0.6 is 0 Å². The Morgan fingerprint density at radius 3 is 2.97 bits per heavy atom. The van der Waals surface area contributed by atoms with E-state index in [0.717, 1.165) is 71.6 Å².